The molecule has 0 radical (unpaired) electrons. The van der Waals surface area contributed by atoms with E-state index in [9.17, 15) is 0 Å². The van der Waals surface area contributed by atoms with Gasteiger partial charge in [-0.3, -0.25) is 0 Å². The molecule has 0 saturated heterocycles. The highest BCUT2D eigenvalue weighted by Gasteiger charge is 2.24. The fourth-order valence-electron chi connectivity index (χ4n) is 2.52. The maximum Gasteiger partial charge on any atom is 0.137 e. The Kier molecular flexibility index (Phi) is 5.46. The molecule has 1 rings (SSSR count). The largest absolute Gasteiger partial charge is 0.137 e. The van der Waals surface area contributed by atoms with Gasteiger partial charge in [0, 0.05) is 5.92 Å². The molecule has 0 spiro atoms. The lowest BCUT2D eigenvalue weighted by atomic mass is 9.90. The van der Waals surface area contributed by atoms with Gasteiger partial charge in [-0.15, -0.1) is 11.5 Å². The van der Waals surface area contributed by atoms with Crippen LogP contribution in [0.25, 0.3) is 0 Å². The lowest BCUT2D eigenvalue weighted by molar-refractivity contribution is 0.430. The van der Waals surface area contributed by atoms with Crippen molar-refractivity contribution in [3.8, 4) is 11.5 Å². The van der Waals surface area contributed by atoms with Gasteiger partial charge in [-0.25, -0.2) is 0 Å². The van der Waals surface area contributed by atoms with E-state index in [2.05, 4.69) is 32.2 Å². The Hall–Kier alpha value is -0.223. The second-order valence-electron chi connectivity index (χ2n) is 4.95. The molecule has 0 bridgehead atoms. The van der Waals surface area contributed by atoms with Gasteiger partial charge in [0.1, 0.15) is 8.07 Å². The van der Waals surface area contributed by atoms with Gasteiger partial charge in [0.15, 0.2) is 0 Å². The van der Waals surface area contributed by atoms with E-state index in [1.165, 1.54) is 50.2 Å². The van der Waals surface area contributed by atoms with E-state index < -0.39 is 8.07 Å². The van der Waals surface area contributed by atoms with E-state index >= 15 is 0 Å². The molecule has 0 aromatic heterocycles. The summed E-state index contributed by atoms with van der Waals surface area (Å²) in [5.41, 5.74) is 3.74. The molecule has 0 aromatic carbocycles. The van der Waals surface area contributed by atoms with E-state index in [0.717, 1.165) is 5.92 Å². The van der Waals surface area contributed by atoms with Crippen molar-refractivity contribution in [2.75, 3.05) is 0 Å². The smallest absolute Gasteiger partial charge is 0.131 e. The molecule has 0 aliphatic heterocycles. The summed E-state index contributed by atoms with van der Waals surface area (Å²) in [6.07, 6.45) is 7.01. The van der Waals surface area contributed by atoms with Crippen molar-refractivity contribution < 1.29 is 0 Å². The third-order valence-corrected chi connectivity index (χ3v) is 8.91. The summed E-state index contributed by atoms with van der Waals surface area (Å²) in [5.74, 6) is 4.37. The first-order valence-electron chi connectivity index (χ1n) is 6.79. The average Bonchev–Trinajstić information content (AvgIpc) is 2.33. The quantitative estimate of drug-likeness (QED) is 0.483. The van der Waals surface area contributed by atoms with Crippen LogP contribution in [0.1, 0.15) is 52.9 Å². The van der Waals surface area contributed by atoms with Gasteiger partial charge in [0.05, 0.1) is 0 Å². The lowest BCUT2D eigenvalue weighted by Crippen LogP contribution is -2.29. The highest BCUT2D eigenvalue weighted by Crippen LogP contribution is 2.24. The Morgan fingerprint density at radius 2 is 1.47 bits per heavy atom. The molecule has 0 atom stereocenters. The molecule has 0 heterocycles. The normalized spacial score (nSPS) is 18.3. The molecule has 1 aliphatic carbocycles. The second-order valence-corrected chi connectivity index (χ2v) is 9.88. The molecule has 0 N–H and O–H groups in total. The van der Waals surface area contributed by atoms with E-state index in [0.29, 0.717) is 0 Å². The Morgan fingerprint density at radius 3 is 1.93 bits per heavy atom. The first-order valence-corrected chi connectivity index (χ1v) is 9.41. The van der Waals surface area contributed by atoms with Crippen LogP contribution in [-0.2, 0) is 0 Å². The van der Waals surface area contributed by atoms with Gasteiger partial charge >= 0.3 is 0 Å². The summed E-state index contributed by atoms with van der Waals surface area (Å²) in [5, 5.41) is 0. The Labute approximate surface area is 96.9 Å². The maximum atomic E-state index is 3.74. The first-order chi connectivity index (χ1) is 7.26. The molecule has 1 fully saturated rings. The number of hydrogen-bond donors (Lipinski definition) is 0. The SMILES string of the molecule is CC[Si](C#CC1CCCCC1)(CC)CC. The number of rotatable bonds is 3. The second kappa shape index (κ2) is 6.38. The van der Waals surface area contributed by atoms with Crippen LogP contribution < -0.4 is 0 Å². The molecule has 0 nitrogen and oxygen atoms in total. The van der Waals surface area contributed by atoms with E-state index in [4.69, 9.17) is 0 Å². The van der Waals surface area contributed by atoms with Crippen molar-refractivity contribution in [2.24, 2.45) is 5.92 Å². The standard InChI is InChI=1S/C14H26Si/c1-4-15(5-2,6-3)13-12-14-10-8-7-9-11-14/h14H,4-11H2,1-3H3. The molecule has 0 amide bonds. The molecule has 86 valence electrons. The molecule has 0 aromatic rings. The van der Waals surface area contributed by atoms with E-state index in [1.807, 2.05) is 0 Å². The summed E-state index contributed by atoms with van der Waals surface area (Å²) in [4.78, 5) is 0. The predicted octanol–water partition coefficient (Wildman–Crippen LogP) is 4.62. The summed E-state index contributed by atoms with van der Waals surface area (Å²) in [7, 11) is -1.16. The highest BCUT2D eigenvalue weighted by atomic mass is 28.3. The van der Waals surface area contributed by atoms with E-state index in [-0.39, 0.29) is 0 Å². The molecule has 1 aliphatic rings. The van der Waals surface area contributed by atoms with Gasteiger partial charge in [0.25, 0.3) is 0 Å². The van der Waals surface area contributed by atoms with Gasteiger partial charge in [0.2, 0.25) is 0 Å². The van der Waals surface area contributed by atoms with Crippen LogP contribution in [0, 0.1) is 17.4 Å². The third-order valence-electron chi connectivity index (χ3n) is 4.18. The zero-order valence-electron chi connectivity index (χ0n) is 10.7. The highest BCUT2D eigenvalue weighted by molar-refractivity contribution is 6.87. The average molecular weight is 222 g/mol. The van der Waals surface area contributed by atoms with Crippen LogP contribution in [0.4, 0.5) is 0 Å². The van der Waals surface area contributed by atoms with Crippen LogP contribution in [0.15, 0.2) is 0 Å². The summed E-state index contributed by atoms with van der Waals surface area (Å²) >= 11 is 0. The summed E-state index contributed by atoms with van der Waals surface area (Å²) in [6, 6.07) is 4.04. The van der Waals surface area contributed by atoms with Crippen molar-refractivity contribution in [3.63, 3.8) is 0 Å². The van der Waals surface area contributed by atoms with Gasteiger partial charge in [-0.1, -0.05) is 40.0 Å². The summed E-state index contributed by atoms with van der Waals surface area (Å²) < 4.78 is 0. The van der Waals surface area contributed by atoms with Crippen molar-refractivity contribution in [1.29, 1.82) is 0 Å². The molecule has 0 unspecified atom stereocenters. The lowest BCUT2D eigenvalue weighted by Gasteiger charge is -2.22. The van der Waals surface area contributed by atoms with Gasteiger partial charge in [-0.05, 0) is 31.0 Å². The van der Waals surface area contributed by atoms with Crippen LogP contribution in [-0.4, -0.2) is 8.07 Å². The minimum atomic E-state index is -1.16. The fraction of sp³-hybridized carbons (Fsp3) is 0.857. The minimum Gasteiger partial charge on any atom is -0.131 e. The van der Waals surface area contributed by atoms with Gasteiger partial charge in [-0.2, -0.15) is 0 Å². The van der Waals surface area contributed by atoms with Crippen molar-refractivity contribution in [2.45, 2.75) is 71.0 Å². The number of hydrogen-bond acceptors (Lipinski definition) is 0. The minimum absolute atomic E-state index is 0.746. The molecule has 1 saturated carbocycles. The third kappa shape index (κ3) is 3.68. The van der Waals surface area contributed by atoms with Crippen molar-refractivity contribution in [3.05, 3.63) is 0 Å². The first kappa shape index (κ1) is 12.8. The van der Waals surface area contributed by atoms with Crippen LogP contribution in [0.3, 0.4) is 0 Å². The molecule has 1 heteroatoms. The monoisotopic (exact) mass is 222 g/mol. The Bertz CT molecular complexity index is 215. The van der Waals surface area contributed by atoms with Crippen LogP contribution >= 0.6 is 0 Å². The van der Waals surface area contributed by atoms with Crippen molar-refractivity contribution >= 4 is 8.07 Å². The van der Waals surface area contributed by atoms with Gasteiger partial charge < -0.3 is 0 Å². The topological polar surface area (TPSA) is 0 Å². The molecular weight excluding hydrogens is 196 g/mol. The predicted molar refractivity (Wildman–Crippen MR) is 71.5 cm³/mol. The fourth-order valence-corrected chi connectivity index (χ4v) is 5.06. The van der Waals surface area contributed by atoms with Crippen LogP contribution in [0.2, 0.25) is 18.1 Å². The van der Waals surface area contributed by atoms with Crippen molar-refractivity contribution in [1.82, 2.24) is 0 Å². The van der Waals surface area contributed by atoms with Crippen LogP contribution in [0.5, 0.6) is 0 Å². The Morgan fingerprint density at radius 1 is 0.933 bits per heavy atom. The molecule has 15 heavy (non-hydrogen) atoms. The molecular formula is C14H26Si. The van der Waals surface area contributed by atoms with E-state index in [1.54, 1.807) is 0 Å². The maximum absolute atomic E-state index is 3.74. The summed E-state index contributed by atoms with van der Waals surface area (Å²) in [6.45, 7) is 7.03. The Balaban J connectivity index is 2.59. The zero-order valence-corrected chi connectivity index (χ0v) is 11.7. The zero-order chi connectivity index (χ0) is 11.1.